The van der Waals surface area contributed by atoms with Crippen molar-refractivity contribution in [2.45, 2.75) is 63.3 Å². The predicted octanol–water partition coefficient (Wildman–Crippen LogP) is 2.08. The standard InChI is InChI=1S/C14H27NO2S/c1-3-15-13-6-4-5-12(13)8-10-18(16)14-7-9-17-11(14)2/h11-15H,3-10H2,1-2H3. The van der Waals surface area contributed by atoms with Gasteiger partial charge in [0.05, 0.1) is 11.4 Å². The van der Waals surface area contributed by atoms with Crippen molar-refractivity contribution in [2.24, 2.45) is 5.92 Å². The molecule has 2 rings (SSSR count). The molecule has 0 aromatic rings. The lowest BCUT2D eigenvalue weighted by Gasteiger charge is -2.21. The largest absolute Gasteiger partial charge is 0.377 e. The van der Waals surface area contributed by atoms with Gasteiger partial charge in [-0.3, -0.25) is 4.21 Å². The summed E-state index contributed by atoms with van der Waals surface area (Å²) >= 11 is 0. The molecule has 0 aromatic heterocycles. The summed E-state index contributed by atoms with van der Waals surface area (Å²) < 4.78 is 17.8. The first-order chi connectivity index (χ1) is 8.72. The fraction of sp³-hybridized carbons (Fsp3) is 1.00. The van der Waals surface area contributed by atoms with Crippen LogP contribution in [0.2, 0.25) is 0 Å². The lowest BCUT2D eigenvalue weighted by molar-refractivity contribution is 0.127. The van der Waals surface area contributed by atoms with Gasteiger partial charge in [-0.2, -0.15) is 0 Å². The summed E-state index contributed by atoms with van der Waals surface area (Å²) in [5.41, 5.74) is 0. The third-order valence-electron chi connectivity index (χ3n) is 4.46. The van der Waals surface area contributed by atoms with Crippen molar-refractivity contribution in [1.82, 2.24) is 5.32 Å². The van der Waals surface area contributed by atoms with Crippen LogP contribution in [0.1, 0.15) is 46.0 Å². The predicted molar refractivity (Wildman–Crippen MR) is 76.3 cm³/mol. The van der Waals surface area contributed by atoms with E-state index in [9.17, 15) is 4.21 Å². The SMILES string of the molecule is CCNC1CCCC1CCS(=O)C1CCOC1C. The number of hydrogen-bond donors (Lipinski definition) is 1. The second-order valence-corrected chi connectivity index (χ2v) is 7.41. The molecule has 5 unspecified atom stereocenters. The van der Waals surface area contributed by atoms with E-state index in [0.29, 0.717) is 6.04 Å². The van der Waals surface area contributed by atoms with E-state index in [-0.39, 0.29) is 11.4 Å². The topological polar surface area (TPSA) is 38.3 Å². The van der Waals surface area contributed by atoms with Crippen LogP contribution in [0.5, 0.6) is 0 Å². The van der Waals surface area contributed by atoms with Gasteiger partial charge in [-0.15, -0.1) is 0 Å². The Hall–Kier alpha value is 0.0700. The van der Waals surface area contributed by atoms with E-state index in [1.807, 2.05) is 0 Å². The van der Waals surface area contributed by atoms with Crippen molar-refractivity contribution >= 4 is 10.8 Å². The van der Waals surface area contributed by atoms with Crippen LogP contribution in [0.4, 0.5) is 0 Å². The summed E-state index contributed by atoms with van der Waals surface area (Å²) in [6, 6.07) is 0.671. The second kappa shape index (κ2) is 7.01. The lowest BCUT2D eigenvalue weighted by atomic mass is 10.0. The van der Waals surface area contributed by atoms with Crippen LogP contribution in [-0.4, -0.2) is 40.5 Å². The smallest absolute Gasteiger partial charge is 0.0691 e. The highest BCUT2D eigenvalue weighted by molar-refractivity contribution is 7.85. The van der Waals surface area contributed by atoms with Crippen LogP contribution in [-0.2, 0) is 15.5 Å². The zero-order valence-electron chi connectivity index (χ0n) is 11.7. The minimum absolute atomic E-state index is 0.193. The zero-order chi connectivity index (χ0) is 13.0. The number of ether oxygens (including phenoxy) is 1. The highest BCUT2D eigenvalue weighted by Crippen LogP contribution is 2.29. The minimum Gasteiger partial charge on any atom is -0.377 e. The molecule has 1 aliphatic heterocycles. The van der Waals surface area contributed by atoms with Crippen molar-refractivity contribution in [3.8, 4) is 0 Å². The molecular formula is C14H27NO2S. The van der Waals surface area contributed by atoms with E-state index in [4.69, 9.17) is 4.74 Å². The molecule has 4 heteroatoms. The van der Waals surface area contributed by atoms with Crippen LogP contribution in [0.15, 0.2) is 0 Å². The molecule has 0 spiro atoms. The van der Waals surface area contributed by atoms with Crippen molar-refractivity contribution in [2.75, 3.05) is 18.9 Å². The normalized spacial score (nSPS) is 38.1. The fourth-order valence-corrected chi connectivity index (χ4v) is 5.09. The molecule has 0 aromatic carbocycles. The maximum atomic E-state index is 12.3. The molecule has 1 aliphatic carbocycles. The van der Waals surface area contributed by atoms with Gasteiger partial charge >= 0.3 is 0 Å². The van der Waals surface area contributed by atoms with Gasteiger partial charge in [0, 0.05) is 29.2 Å². The third-order valence-corrected chi connectivity index (χ3v) is 6.39. The van der Waals surface area contributed by atoms with E-state index in [0.717, 1.165) is 37.7 Å². The quantitative estimate of drug-likeness (QED) is 0.805. The Morgan fingerprint density at radius 2 is 2.17 bits per heavy atom. The average Bonchev–Trinajstić information content (AvgIpc) is 2.96. The molecule has 2 fully saturated rings. The van der Waals surface area contributed by atoms with E-state index < -0.39 is 10.8 Å². The average molecular weight is 273 g/mol. The molecular weight excluding hydrogens is 246 g/mol. The highest BCUT2D eigenvalue weighted by Gasteiger charge is 2.31. The fourth-order valence-electron chi connectivity index (χ4n) is 3.39. The van der Waals surface area contributed by atoms with Crippen LogP contribution in [0, 0.1) is 5.92 Å². The van der Waals surface area contributed by atoms with Crippen molar-refractivity contribution in [1.29, 1.82) is 0 Å². The number of hydrogen-bond acceptors (Lipinski definition) is 3. The van der Waals surface area contributed by atoms with Crippen LogP contribution in [0.25, 0.3) is 0 Å². The first-order valence-electron chi connectivity index (χ1n) is 7.44. The molecule has 0 radical (unpaired) electrons. The van der Waals surface area contributed by atoms with Gasteiger partial charge in [0.25, 0.3) is 0 Å². The Bertz CT molecular complexity index is 285. The number of nitrogens with one attached hydrogen (secondary N) is 1. The molecule has 2 aliphatic rings. The summed E-state index contributed by atoms with van der Waals surface area (Å²) in [6.07, 6.45) is 6.24. The number of rotatable bonds is 6. The van der Waals surface area contributed by atoms with E-state index in [1.165, 1.54) is 19.3 Å². The lowest BCUT2D eigenvalue weighted by Crippen LogP contribution is -2.33. The van der Waals surface area contributed by atoms with Crippen molar-refractivity contribution in [3.63, 3.8) is 0 Å². The Kier molecular flexibility index (Phi) is 5.64. The maximum absolute atomic E-state index is 12.3. The van der Waals surface area contributed by atoms with Crippen molar-refractivity contribution in [3.05, 3.63) is 0 Å². The molecule has 1 saturated heterocycles. The van der Waals surface area contributed by atoms with Crippen LogP contribution < -0.4 is 5.32 Å². The van der Waals surface area contributed by atoms with E-state index >= 15 is 0 Å². The summed E-state index contributed by atoms with van der Waals surface area (Å²) in [5.74, 6) is 1.61. The third kappa shape index (κ3) is 3.55. The van der Waals surface area contributed by atoms with Gasteiger partial charge in [-0.05, 0) is 45.1 Å². The molecule has 1 N–H and O–H groups in total. The Morgan fingerprint density at radius 3 is 2.83 bits per heavy atom. The first-order valence-corrected chi connectivity index (χ1v) is 8.82. The molecule has 106 valence electrons. The Labute approximate surface area is 114 Å². The Balaban J connectivity index is 1.75. The van der Waals surface area contributed by atoms with Gasteiger partial charge in [-0.1, -0.05) is 13.3 Å². The van der Waals surface area contributed by atoms with E-state index in [2.05, 4.69) is 19.2 Å². The summed E-state index contributed by atoms with van der Waals surface area (Å²) in [7, 11) is -0.693. The maximum Gasteiger partial charge on any atom is 0.0691 e. The van der Waals surface area contributed by atoms with Gasteiger partial charge < -0.3 is 10.1 Å². The summed E-state index contributed by atoms with van der Waals surface area (Å²) in [4.78, 5) is 0. The zero-order valence-corrected chi connectivity index (χ0v) is 12.5. The molecule has 0 amide bonds. The van der Waals surface area contributed by atoms with Crippen molar-refractivity contribution < 1.29 is 8.95 Å². The van der Waals surface area contributed by atoms with E-state index in [1.54, 1.807) is 0 Å². The van der Waals surface area contributed by atoms with Crippen LogP contribution >= 0.6 is 0 Å². The first kappa shape index (κ1) is 14.5. The van der Waals surface area contributed by atoms with Crippen LogP contribution in [0.3, 0.4) is 0 Å². The monoisotopic (exact) mass is 273 g/mol. The van der Waals surface area contributed by atoms with Gasteiger partial charge in [0.1, 0.15) is 0 Å². The molecule has 3 nitrogen and oxygen atoms in total. The summed E-state index contributed by atoms with van der Waals surface area (Å²) in [5, 5.41) is 3.85. The van der Waals surface area contributed by atoms with Gasteiger partial charge in [-0.25, -0.2) is 0 Å². The molecule has 1 saturated carbocycles. The minimum atomic E-state index is -0.693. The molecule has 1 heterocycles. The summed E-state index contributed by atoms with van der Waals surface area (Å²) in [6.45, 7) is 6.08. The highest BCUT2D eigenvalue weighted by atomic mass is 32.2. The molecule has 5 atom stereocenters. The molecule has 0 bridgehead atoms. The Morgan fingerprint density at radius 1 is 1.33 bits per heavy atom. The second-order valence-electron chi connectivity index (χ2n) is 5.63. The molecule has 18 heavy (non-hydrogen) atoms. The van der Waals surface area contributed by atoms with Gasteiger partial charge in [0.15, 0.2) is 0 Å². The van der Waals surface area contributed by atoms with Gasteiger partial charge in [0.2, 0.25) is 0 Å².